The highest BCUT2D eigenvalue weighted by Gasteiger charge is 2.19. The Hall–Kier alpha value is -3.17. The van der Waals surface area contributed by atoms with Gasteiger partial charge in [0.1, 0.15) is 5.75 Å². The molecular formula is C22H21N3O4S2. The van der Waals surface area contributed by atoms with Gasteiger partial charge in [-0.2, -0.15) is 0 Å². The van der Waals surface area contributed by atoms with Crippen molar-refractivity contribution in [3.63, 3.8) is 0 Å². The summed E-state index contributed by atoms with van der Waals surface area (Å²) in [5.74, 6) is 0.569. The Morgan fingerprint density at radius 2 is 1.52 bits per heavy atom. The molecule has 0 spiro atoms. The third-order valence-corrected chi connectivity index (χ3v) is 7.41. The van der Waals surface area contributed by atoms with Crippen molar-refractivity contribution < 1.29 is 13.2 Å². The van der Waals surface area contributed by atoms with Crippen molar-refractivity contribution in [2.24, 2.45) is 14.1 Å². The fourth-order valence-electron chi connectivity index (χ4n) is 3.26. The van der Waals surface area contributed by atoms with E-state index in [9.17, 15) is 13.2 Å². The lowest BCUT2D eigenvalue weighted by molar-refractivity contribution is 0.414. The van der Waals surface area contributed by atoms with Crippen LogP contribution in [0.5, 0.6) is 5.75 Å². The van der Waals surface area contributed by atoms with E-state index in [1.807, 2.05) is 36.4 Å². The Kier molecular flexibility index (Phi) is 5.55. The van der Waals surface area contributed by atoms with Gasteiger partial charge in [0.05, 0.1) is 28.7 Å². The number of fused-ring (bicyclic) bond motifs is 1. The molecule has 0 fully saturated rings. The predicted molar refractivity (Wildman–Crippen MR) is 123 cm³/mol. The summed E-state index contributed by atoms with van der Waals surface area (Å²) in [5.41, 5.74) is 1.58. The number of methoxy groups -OCH3 is 1. The number of benzene rings is 3. The number of aryl methyl sites for hydroxylation is 2. The maximum absolute atomic E-state index is 13.1. The molecule has 4 aromatic rings. The summed E-state index contributed by atoms with van der Waals surface area (Å²) >= 11 is 1.42. The van der Waals surface area contributed by atoms with Gasteiger partial charge in [0, 0.05) is 23.9 Å². The van der Waals surface area contributed by atoms with Crippen LogP contribution in [0.4, 0.5) is 5.69 Å². The zero-order chi connectivity index (χ0) is 22.2. The molecule has 0 aliphatic carbocycles. The molecule has 3 aromatic carbocycles. The topological polar surface area (TPSA) is 82.3 Å². The van der Waals surface area contributed by atoms with Gasteiger partial charge in [-0.15, -0.1) is 0 Å². The molecule has 0 amide bonds. The van der Waals surface area contributed by atoms with Crippen LogP contribution in [0.15, 0.2) is 86.2 Å². The first kappa shape index (κ1) is 21.1. The average Bonchev–Trinajstić information content (AvgIpc) is 2.98. The Balaban J connectivity index is 1.83. The number of sulfonamides is 1. The van der Waals surface area contributed by atoms with Gasteiger partial charge >= 0.3 is 5.69 Å². The van der Waals surface area contributed by atoms with Crippen LogP contribution in [-0.4, -0.2) is 24.7 Å². The molecule has 160 valence electrons. The predicted octanol–water partition coefficient (Wildman–Crippen LogP) is 3.84. The highest BCUT2D eigenvalue weighted by atomic mass is 32.2. The highest BCUT2D eigenvalue weighted by molar-refractivity contribution is 7.99. The molecule has 1 aromatic heterocycles. The number of ether oxygens (including phenoxy) is 1. The summed E-state index contributed by atoms with van der Waals surface area (Å²) in [5, 5.41) is 0. The van der Waals surface area contributed by atoms with E-state index in [0.29, 0.717) is 21.8 Å². The number of hydrogen-bond acceptors (Lipinski definition) is 5. The summed E-state index contributed by atoms with van der Waals surface area (Å²) in [7, 11) is 1.03. The fraction of sp³-hybridized carbons (Fsp3) is 0.136. The number of imidazole rings is 1. The van der Waals surface area contributed by atoms with E-state index in [1.54, 1.807) is 36.9 Å². The summed E-state index contributed by atoms with van der Waals surface area (Å²) in [6.07, 6.45) is 0. The van der Waals surface area contributed by atoms with E-state index in [2.05, 4.69) is 4.72 Å². The van der Waals surface area contributed by atoms with Gasteiger partial charge < -0.3 is 4.74 Å². The summed E-state index contributed by atoms with van der Waals surface area (Å²) < 4.78 is 37.0. The van der Waals surface area contributed by atoms with Crippen LogP contribution >= 0.6 is 11.8 Å². The SMILES string of the molecule is COc1ccc(S(=O)(=O)Nc2cc3c(cc2Sc2ccccc2)n(C)c(=O)n3C)cc1. The third-order valence-electron chi connectivity index (χ3n) is 4.96. The molecule has 0 atom stereocenters. The second-order valence-electron chi connectivity index (χ2n) is 6.93. The van der Waals surface area contributed by atoms with Gasteiger partial charge in [0.25, 0.3) is 10.0 Å². The first-order valence-corrected chi connectivity index (χ1v) is 11.7. The number of hydrogen-bond donors (Lipinski definition) is 1. The van der Waals surface area contributed by atoms with E-state index >= 15 is 0 Å². The smallest absolute Gasteiger partial charge is 0.328 e. The molecule has 0 saturated carbocycles. The molecule has 0 aliphatic rings. The van der Waals surface area contributed by atoms with Crippen LogP contribution in [0.2, 0.25) is 0 Å². The number of nitrogens with zero attached hydrogens (tertiary/aromatic N) is 2. The Bertz CT molecular complexity index is 1410. The average molecular weight is 456 g/mol. The molecule has 7 nitrogen and oxygen atoms in total. The molecule has 1 N–H and O–H groups in total. The summed E-state index contributed by atoms with van der Waals surface area (Å²) in [6, 6.07) is 19.3. The minimum absolute atomic E-state index is 0.117. The molecule has 1 heterocycles. The minimum atomic E-state index is -3.85. The van der Waals surface area contributed by atoms with Crippen molar-refractivity contribution in [2.45, 2.75) is 14.7 Å². The Labute approximate surface area is 184 Å². The zero-order valence-corrected chi connectivity index (χ0v) is 18.8. The largest absolute Gasteiger partial charge is 0.497 e. The molecular weight excluding hydrogens is 434 g/mol. The van der Waals surface area contributed by atoms with Crippen molar-refractivity contribution in [3.05, 3.63) is 77.2 Å². The number of anilines is 1. The molecule has 9 heteroatoms. The Morgan fingerprint density at radius 1 is 0.903 bits per heavy atom. The fourth-order valence-corrected chi connectivity index (χ4v) is 5.34. The van der Waals surface area contributed by atoms with Crippen molar-refractivity contribution in [2.75, 3.05) is 11.8 Å². The normalized spacial score (nSPS) is 11.6. The van der Waals surface area contributed by atoms with E-state index in [1.165, 1.54) is 35.6 Å². The summed E-state index contributed by atoms with van der Waals surface area (Å²) in [4.78, 5) is 14.2. The monoisotopic (exact) mass is 455 g/mol. The van der Waals surface area contributed by atoms with E-state index < -0.39 is 10.0 Å². The maximum atomic E-state index is 13.1. The molecule has 0 radical (unpaired) electrons. The quantitative estimate of drug-likeness (QED) is 0.478. The summed E-state index contributed by atoms with van der Waals surface area (Å²) in [6.45, 7) is 0. The molecule has 31 heavy (non-hydrogen) atoms. The van der Waals surface area contributed by atoms with Gasteiger partial charge in [-0.1, -0.05) is 30.0 Å². The van der Waals surface area contributed by atoms with Crippen LogP contribution in [-0.2, 0) is 24.1 Å². The lowest BCUT2D eigenvalue weighted by Crippen LogP contribution is -2.19. The van der Waals surface area contributed by atoms with Gasteiger partial charge in [-0.3, -0.25) is 13.9 Å². The van der Waals surface area contributed by atoms with Crippen LogP contribution in [0.1, 0.15) is 0 Å². The van der Waals surface area contributed by atoms with Gasteiger partial charge in [0.2, 0.25) is 0 Å². The lowest BCUT2D eigenvalue weighted by atomic mass is 10.3. The van der Waals surface area contributed by atoms with E-state index in [0.717, 1.165) is 10.4 Å². The van der Waals surface area contributed by atoms with Crippen molar-refractivity contribution >= 4 is 38.5 Å². The van der Waals surface area contributed by atoms with Gasteiger partial charge in [-0.25, -0.2) is 13.2 Å². The zero-order valence-electron chi connectivity index (χ0n) is 17.2. The van der Waals surface area contributed by atoms with Crippen LogP contribution in [0.3, 0.4) is 0 Å². The molecule has 4 rings (SSSR count). The third kappa shape index (κ3) is 4.06. The molecule has 0 bridgehead atoms. The maximum Gasteiger partial charge on any atom is 0.328 e. The van der Waals surface area contributed by atoms with Crippen LogP contribution in [0.25, 0.3) is 11.0 Å². The van der Waals surface area contributed by atoms with E-state index in [-0.39, 0.29) is 10.6 Å². The molecule has 0 saturated heterocycles. The van der Waals surface area contributed by atoms with Crippen molar-refractivity contribution in [1.82, 2.24) is 9.13 Å². The van der Waals surface area contributed by atoms with Crippen LogP contribution in [0, 0.1) is 0 Å². The van der Waals surface area contributed by atoms with Gasteiger partial charge in [0.15, 0.2) is 0 Å². The number of nitrogens with one attached hydrogen (secondary N) is 1. The van der Waals surface area contributed by atoms with Gasteiger partial charge in [-0.05, 0) is 48.5 Å². The second kappa shape index (κ2) is 8.16. The lowest BCUT2D eigenvalue weighted by Gasteiger charge is -2.14. The minimum Gasteiger partial charge on any atom is -0.497 e. The van der Waals surface area contributed by atoms with Crippen LogP contribution < -0.4 is 15.1 Å². The number of rotatable bonds is 6. The van der Waals surface area contributed by atoms with E-state index in [4.69, 9.17) is 4.74 Å². The molecule has 0 aliphatic heterocycles. The highest BCUT2D eigenvalue weighted by Crippen LogP contribution is 2.37. The second-order valence-corrected chi connectivity index (χ2v) is 9.73. The first-order chi connectivity index (χ1) is 14.8. The molecule has 0 unspecified atom stereocenters. The first-order valence-electron chi connectivity index (χ1n) is 9.39. The van der Waals surface area contributed by atoms with Crippen molar-refractivity contribution in [1.29, 1.82) is 0 Å². The Morgan fingerprint density at radius 3 is 2.13 bits per heavy atom. The number of aromatic nitrogens is 2. The van der Waals surface area contributed by atoms with Crippen molar-refractivity contribution in [3.8, 4) is 5.75 Å². The standard InChI is InChI=1S/C22H21N3O4S2/c1-24-19-13-18(23-31(27,28)17-11-9-15(29-3)10-12-17)21(14-20(19)25(2)22(24)26)30-16-7-5-4-6-8-16/h4-14,23H,1-3H3.